The van der Waals surface area contributed by atoms with Crippen LogP contribution in [-0.4, -0.2) is 34.1 Å². The molecule has 2 saturated heterocycles. The van der Waals surface area contributed by atoms with Crippen LogP contribution in [0.15, 0.2) is 29.2 Å². The van der Waals surface area contributed by atoms with Crippen molar-refractivity contribution in [2.45, 2.75) is 50.4 Å². The Balaban J connectivity index is 1.65. The number of nitrogens with two attached hydrogens (primary N) is 1. The Morgan fingerprint density at radius 1 is 1.17 bits per heavy atom. The average molecular weight is 247 g/mol. The van der Waals surface area contributed by atoms with E-state index < -0.39 is 0 Å². The highest BCUT2D eigenvalue weighted by Gasteiger charge is 2.38. The van der Waals surface area contributed by atoms with E-state index in [0.717, 1.165) is 25.9 Å². The van der Waals surface area contributed by atoms with Crippen LogP contribution in [-0.2, 0) is 6.54 Å². The predicted molar refractivity (Wildman–Crippen MR) is 71.4 cm³/mol. The van der Waals surface area contributed by atoms with Gasteiger partial charge >= 0.3 is 0 Å². The standard InChI is InChI=1S/C14H21N3O/c15-11-9-12-4-5-13(10-11)17(12)8-7-16-6-2-1-3-14(16)18/h1-3,6,11-13H,4-5,7-10,15H2. The summed E-state index contributed by atoms with van der Waals surface area (Å²) in [5.74, 6) is 0. The van der Waals surface area contributed by atoms with Gasteiger partial charge in [-0.05, 0) is 31.7 Å². The van der Waals surface area contributed by atoms with Crippen LogP contribution in [0.2, 0.25) is 0 Å². The van der Waals surface area contributed by atoms with Gasteiger partial charge in [0.1, 0.15) is 0 Å². The fourth-order valence-corrected chi connectivity index (χ4v) is 3.55. The summed E-state index contributed by atoms with van der Waals surface area (Å²) in [5.41, 5.74) is 6.16. The van der Waals surface area contributed by atoms with Crippen LogP contribution in [0, 0.1) is 0 Å². The lowest BCUT2D eigenvalue weighted by molar-refractivity contribution is 0.123. The molecule has 0 spiro atoms. The average Bonchev–Trinajstić information content (AvgIpc) is 2.60. The van der Waals surface area contributed by atoms with Gasteiger partial charge < -0.3 is 10.3 Å². The fourth-order valence-electron chi connectivity index (χ4n) is 3.55. The number of aromatic nitrogens is 1. The molecule has 3 heterocycles. The van der Waals surface area contributed by atoms with Crippen molar-refractivity contribution < 1.29 is 0 Å². The molecule has 1 aromatic rings. The van der Waals surface area contributed by atoms with E-state index in [-0.39, 0.29) is 5.56 Å². The van der Waals surface area contributed by atoms with Crippen LogP contribution in [0.4, 0.5) is 0 Å². The largest absolute Gasteiger partial charge is 0.328 e. The van der Waals surface area contributed by atoms with Gasteiger partial charge in [0.05, 0.1) is 0 Å². The van der Waals surface area contributed by atoms with Crippen molar-refractivity contribution in [1.29, 1.82) is 0 Å². The summed E-state index contributed by atoms with van der Waals surface area (Å²) in [6.45, 7) is 1.77. The van der Waals surface area contributed by atoms with Crippen LogP contribution in [0.5, 0.6) is 0 Å². The zero-order chi connectivity index (χ0) is 12.5. The number of hydrogen-bond donors (Lipinski definition) is 1. The van der Waals surface area contributed by atoms with Gasteiger partial charge in [-0.15, -0.1) is 0 Å². The third kappa shape index (κ3) is 2.22. The monoisotopic (exact) mass is 247 g/mol. The second-order valence-electron chi connectivity index (χ2n) is 5.59. The van der Waals surface area contributed by atoms with Crippen LogP contribution in [0.3, 0.4) is 0 Å². The maximum absolute atomic E-state index is 11.6. The maximum atomic E-state index is 11.6. The quantitative estimate of drug-likeness (QED) is 0.859. The van der Waals surface area contributed by atoms with Crippen LogP contribution in [0.25, 0.3) is 0 Å². The smallest absolute Gasteiger partial charge is 0.250 e. The molecule has 98 valence electrons. The number of nitrogens with zero attached hydrogens (tertiary/aromatic N) is 2. The molecule has 3 rings (SSSR count). The van der Waals surface area contributed by atoms with E-state index >= 15 is 0 Å². The molecular formula is C14H21N3O. The van der Waals surface area contributed by atoms with Crippen molar-refractivity contribution in [3.8, 4) is 0 Å². The Kier molecular flexibility index (Phi) is 3.22. The van der Waals surface area contributed by atoms with Gasteiger partial charge in [0, 0.05) is 43.5 Å². The highest BCUT2D eigenvalue weighted by Crippen LogP contribution is 2.34. The van der Waals surface area contributed by atoms with E-state index in [0.29, 0.717) is 18.1 Å². The molecule has 0 aromatic carbocycles. The molecule has 0 saturated carbocycles. The number of rotatable bonds is 3. The highest BCUT2D eigenvalue weighted by molar-refractivity contribution is 4.97. The molecule has 2 N–H and O–H groups in total. The normalized spacial score (nSPS) is 31.7. The van der Waals surface area contributed by atoms with E-state index in [1.807, 2.05) is 12.3 Å². The van der Waals surface area contributed by atoms with Crippen molar-refractivity contribution in [2.24, 2.45) is 5.73 Å². The number of piperidine rings is 1. The zero-order valence-corrected chi connectivity index (χ0v) is 10.7. The Hall–Kier alpha value is -1.13. The molecule has 2 fully saturated rings. The second kappa shape index (κ2) is 4.86. The van der Waals surface area contributed by atoms with Crippen molar-refractivity contribution in [3.63, 3.8) is 0 Å². The minimum absolute atomic E-state index is 0.0959. The van der Waals surface area contributed by atoms with Gasteiger partial charge in [0.15, 0.2) is 0 Å². The summed E-state index contributed by atoms with van der Waals surface area (Å²) in [4.78, 5) is 14.2. The second-order valence-corrected chi connectivity index (χ2v) is 5.59. The first-order valence-corrected chi connectivity index (χ1v) is 6.91. The van der Waals surface area contributed by atoms with Crippen molar-refractivity contribution in [2.75, 3.05) is 6.54 Å². The first-order chi connectivity index (χ1) is 8.74. The molecule has 1 aromatic heterocycles. The summed E-state index contributed by atoms with van der Waals surface area (Å²) in [5, 5.41) is 0. The Labute approximate surface area is 107 Å². The molecule has 0 amide bonds. The lowest BCUT2D eigenvalue weighted by atomic mass is 9.98. The third-order valence-corrected chi connectivity index (χ3v) is 4.42. The van der Waals surface area contributed by atoms with E-state index in [9.17, 15) is 4.79 Å². The first-order valence-electron chi connectivity index (χ1n) is 6.91. The number of fused-ring (bicyclic) bond motifs is 2. The summed E-state index contributed by atoms with van der Waals surface area (Å²) >= 11 is 0. The Morgan fingerprint density at radius 3 is 2.56 bits per heavy atom. The van der Waals surface area contributed by atoms with Gasteiger partial charge in [-0.25, -0.2) is 0 Å². The third-order valence-electron chi connectivity index (χ3n) is 4.42. The van der Waals surface area contributed by atoms with Gasteiger partial charge in [-0.3, -0.25) is 9.69 Å². The fraction of sp³-hybridized carbons (Fsp3) is 0.643. The first kappa shape index (κ1) is 11.9. The molecule has 18 heavy (non-hydrogen) atoms. The summed E-state index contributed by atoms with van der Waals surface area (Å²) in [7, 11) is 0. The molecule has 2 atom stereocenters. The minimum Gasteiger partial charge on any atom is -0.328 e. The Morgan fingerprint density at radius 2 is 1.89 bits per heavy atom. The van der Waals surface area contributed by atoms with E-state index in [1.54, 1.807) is 16.7 Å². The van der Waals surface area contributed by atoms with Crippen LogP contribution >= 0.6 is 0 Å². The molecule has 2 bridgehead atoms. The number of pyridine rings is 1. The van der Waals surface area contributed by atoms with Crippen LogP contribution < -0.4 is 11.3 Å². The summed E-state index contributed by atoms with van der Waals surface area (Å²) in [6.07, 6.45) is 6.68. The SMILES string of the molecule is NC1CC2CCC(C1)N2CCn1ccccc1=O. The summed E-state index contributed by atoms with van der Waals surface area (Å²) < 4.78 is 1.80. The van der Waals surface area contributed by atoms with E-state index in [2.05, 4.69) is 4.90 Å². The molecule has 4 heteroatoms. The van der Waals surface area contributed by atoms with Gasteiger partial charge in [-0.1, -0.05) is 6.07 Å². The van der Waals surface area contributed by atoms with Gasteiger partial charge in [-0.2, -0.15) is 0 Å². The maximum Gasteiger partial charge on any atom is 0.250 e. The molecule has 0 aliphatic carbocycles. The lowest BCUT2D eigenvalue weighted by Gasteiger charge is -2.37. The predicted octanol–water partition coefficient (Wildman–Crippen LogP) is 0.802. The topological polar surface area (TPSA) is 51.3 Å². The molecule has 2 aliphatic rings. The molecule has 2 unspecified atom stereocenters. The zero-order valence-electron chi connectivity index (χ0n) is 10.7. The minimum atomic E-state index is 0.0959. The molecule has 4 nitrogen and oxygen atoms in total. The van der Waals surface area contributed by atoms with Crippen molar-refractivity contribution >= 4 is 0 Å². The summed E-state index contributed by atoms with van der Waals surface area (Å²) in [6, 6.07) is 7.03. The Bertz CT molecular complexity index is 456. The van der Waals surface area contributed by atoms with E-state index in [1.165, 1.54) is 12.8 Å². The van der Waals surface area contributed by atoms with Crippen molar-refractivity contribution in [1.82, 2.24) is 9.47 Å². The highest BCUT2D eigenvalue weighted by atomic mass is 16.1. The van der Waals surface area contributed by atoms with Gasteiger partial charge in [0.25, 0.3) is 5.56 Å². The molecule has 2 aliphatic heterocycles. The van der Waals surface area contributed by atoms with Crippen LogP contribution in [0.1, 0.15) is 25.7 Å². The molecule has 0 radical (unpaired) electrons. The lowest BCUT2D eigenvalue weighted by Crippen LogP contribution is -2.48. The van der Waals surface area contributed by atoms with Crippen molar-refractivity contribution in [3.05, 3.63) is 34.7 Å². The van der Waals surface area contributed by atoms with Gasteiger partial charge in [0.2, 0.25) is 0 Å². The number of hydrogen-bond acceptors (Lipinski definition) is 3. The van der Waals surface area contributed by atoms with E-state index in [4.69, 9.17) is 5.73 Å². The molecular weight excluding hydrogens is 226 g/mol.